The molecule has 2 nitrogen and oxygen atoms in total. The van der Waals surface area contributed by atoms with Crippen molar-refractivity contribution >= 4 is 0 Å². The van der Waals surface area contributed by atoms with Crippen molar-refractivity contribution < 1.29 is 0 Å². The lowest BCUT2D eigenvalue weighted by Gasteiger charge is -2.47. The van der Waals surface area contributed by atoms with Gasteiger partial charge in [-0.3, -0.25) is 4.90 Å². The third-order valence-corrected chi connectivity index (χ3v) is 4.70. The molecule has 0 aromatic heterocycles. The van der Waals surface area contributed by atoms with E-state index in [0.29, 0.717) is 6.04 Å². The van der Waals surface area contributed by atoms with E-state index in [9.17, 15) is 0 Å². The van der Waals surface area contributed by atoms with Gasteiger partial charge in [0, 0.05) is 25.2 Å². The fourth-order valence-corrected chi connectivity index (χ4v) is 4.24. The summed E-state index contributed by atoms with van der Waals surface area (Å²) < 4.78 is 0. The molecule has 1 saturated carbocycles. The molecule has 0 saturated heterocycles. The molecule has 1 rings (SSSR count). The summed E-state index contributed by atoms with van der Waals surface area (Å²) >= 11 is 0. The van der Waals surface area contributed by atoms with Crippen LogP contribution in [0.4, 0.5) is 0 Å². The van der Waals surface area contributed by atoms with Crippen LogP contribution >= 0.6 is 0 Å². The van der Waals surface area contributed by atoms with E-state index in [2.05, 4.69) is 58.7 Å². The normalized spacial score (nSPS) is 30.6. The van der Waals surface area contributed by atoms with Crippen LogP contribution in [0.3, 0.4) is 0 Å². The molecule has 0 spiro atoms. The molecule has 0 aromatic rings. The van der Waals surface area contributed by atoms with Crippen molar-refractivity contribution in [2.75, 3.05) is 19.6 Å². The summed E-state index contributed by atoms with van der Waals surface area (Å²) in [5.41, 5.74) is 0. The summed E-state index contributed by atoms with van der Waals surface area (Å²) in [5.74, 6) is 3.18. The fourth-order valence-electron chi connectivity index (χ4n) is 4.24. The Bertz CT molecular complexity index is 265. The van der Waals surface area contributed by atoms with E-state index >= 15 is 0 Å². The molecule has 1 aliphatic rings. The zero-order chi connectivity index (χ0) is 16.0. The van der Waals surface area contributed by atoms with Gasteiger partial charge in [-0.15, -0.1) is 0 Å². The molecule has 0 amide bonds. The lowest BCUT2D eigenvalue weighted by atomic mass is 9.75. The standard InChI is InChI=1S/C19H40N2/c1-8-9-20-18-11-16(6)10-17(7)19(18)21(12-14(2)3)13-15(4)5/h14-20H,8-13H2,1-7H3. The third kappa shape index (κ3) is 6.28. The maximum absolute atomic E-state index is 3.87. The first-order chi connectivity index (χ1) is 9.85. The van der Waals surface area contributed by atoms with E-state index in [-0.39, 0.29) is 0 Å². The molecule has 126 valence electrons. The van der Waals surface area contributed by atoms with Crippen LogP contribution in [0.15, 0.2) is 0 Å². The molecule has 4 atom stereocenters. The number of hydrogen-bond donors (Lipinski definition) is 1. The van der Waals surface area contributed by atoms with Crippen molar-refractivity contribution in [3.8, 4) is 0 Å². The van der Waals surface area contributed by atoms with Crippen molar-refractivity contribution in [1.82, 2.24) is 10.2 Å². The van der Waals surface area contributed by atoms with Crippen molar-refractivity contribution in [1.29, 1.82) is 0 Å². The number of nitrogens with zero attached hydrogens (tertiary/aromatic N) is 1. The summed E-state index contributed by atoms with van der Waals surface area (Å²) in [4.78, 5) is 2.80. The molecule has 1 N–H and O–H groups in total. The highest BCUT2D eigenvalue weighted by atomic mass is 15.2. The smallest absolute Gasteiger partial charge is 0.0275 e. The molecular weight excluding hydrogens is 256 g/mol. The van der Waals surface area contributed by atoms with Gasteiger partial charge in [0.1, 0.15) is 0 Å². The van der Waals surface area contributed by atoms with E-state index in [1.54, 1.807) is 0 Å². The van der Waals surface area contributed by atoms with E-state index in [1.807, 2.05) is 0 Å². The molecule has 0 aliphatic heterocycles. The van der Waals surface area contributed by atoms with Crippen LogP contribution < -0.4 is 5.32 Å². The molecule has 21 heavy (non-hydrogen) atoms. The lowest BCUT2D eigenvalue weighted by molar-refractivity contribution is 0.0449. The van der Waals surface area contributed by atoms with Crippen LogP contribution in [0.2, 0.25) is 0 Å². The molecule has 4 unspecified atom stereocenters. The van der Waals surface area contributed by atoms with E-state index in [0.717, 1.165) is 36.3 Å². The minimum absolute atomic E-state index is 0.682. The van der Waals surface area contributed by atoms with Gasteiger partial charge >= 0.3 is 0 Å². The topological polar surface area (TPSA) is 15.3 Å². The van der Waals surface area contributed by atoms with Crippen LogP contribution in [0.25, 0.3) is 0 Å². The SMILES string of the molecule is CCCNC1CC(C)CC(C)C1N(CC(C)C)CC(C)C. The highest BCUT2D eigenvalue weighted by molar-refractivity contribution is 4.94. The Morgan fingerprint density at radius 3 is 2.05 bits per heavy atom. The van der Waals surface area contributed by atoms with Crippen molar-refractivity contribution in [3.05, 3.63) is 0 Å². The number of rotatable bonds is 8. The average molecular weight is 297 g/mol. The molecule has 0 heterocycles. The van der Waals surface area contributed by atoms with Gasteiger partial charge in [-0.2, -0.15) is 0 Å². The minimum atomic E-state index is 0.682. The Hall–Kier alpha value is -0.0800. The van der Waals surface area contributed by atoms with Gasteiger partial charge in [-0.1, -0.05) is 48.5 Å². The van der Waals surface area contributed by atoms with Gasteiger partial charge < -0.3 is 5.32 Å². The van der Waals surface area contributed by atoms with Gasteiger partial charge in [0.15, 0.2) is 0 Å². The first-order valence-electron chi connectivity index (χ1n) is 9.32. The summed E-state index contributed by atoms with van der Waals surface area (Å²) in [6, 6.07) is 1.40. The second-order valence-electron chi connectivity index (χ2n) is 8.35. The van der Waals surface area contributed by atoms with Crippen LogP contribution in [-0.2, 0) is 0 Å². The predicted octanol–water partition coefficient (Wildman–Crippen LogP) is 4.40. The van der Waals surface area contributed by atoms with Crippen LogP contribution in [-0.4, -0.2) is 36.6 Å². The van der Waals surface area contributed by atoms with Crippen LogP contribution in [0.1, 0.15) is 67.7 Å². The Balaban J connectivity index is 2.85. The molecule has 0 radical (unpaired) electrons. The Morgan fingerprint density at radius 2 is 1.57 bits per heavy atom. The second-order valence-corrected chi connectivity index (χ2v) is 8.35. The second kappa shape index (κ2) is 9.15. The summed E-state index contributed by atoms with van der Waals surface area (Å²) in [6.07, 6.45) is 3.98. The van der Waals surface area contributed by atoms with Gasteiger partial charge in [-0.25, -0.2) is 0 Å². The van der Waals surface area contributed by atoms with Gasteiger partial charge in [0.2, 0.25) is 0 Å². The molecule has 1 fully saturated rings. The zero-order valence-corrected chi connectivity index (χ0v) is 15.7. The highest BCUT2D eigenvalue weighted by Crippen LogP contribution is 2.33. The van der Waals surface area contributed by atoms with Crippen LogP contribution in [0.5, 0.6) is 0 Å². The summed E-state index contributed by atoms with van der Waals surface area (Å²) in [6.45, 7) is 20.3. The lowest BCUT2D eigenvalue weighted by Crippen LogP contribution is -2.58. The Kier molecular flexibility index (Phi) is 8.26. The van der Waals surface area contributed by atoms with Crippen LogP contribution in [0, 0.1) is 23.7 Å². The Morgan fingerprint density at radius 1 is 1.00 bits per heavy atom. The minimum Gasteiger partial charge on any atom is -0.312 e. The fraction of sp³-hybridized carbons (Fsp3) is 1.00. The maximum atomic E-state index is 3.87. The molecule has 2 heteroatoms. The molecule has 0 aromatic carbocycles. The largest absolute Gasteiger partial charge is 0.312 e. The quantitative estimate of drug-likeness (QED) is 0.714. The first-order valence-corrected chi connectivity index (χ1v) is 9.32. The highest BCUT2D eigenvalue weighted by Gasteiger charge is 2.37. The predicted molar refractivity (Wildman–Crippen MR) is 94.7 cm³/mol. The van der Waals surface area contributed by atoms with Gasteiger partial charge in [0.05, 0.1) is 0 Å². The summed E-state index contributed by atoms with van der Waals surface area (Å²) in [5, 5.41) is 3.87. The van der Waals surface area contributed by atoms with Gasteiger partial charge in [0.25, 0.3) is 0 Å². The van der Waals surface area contributed by atoms with Gasteiger partial charge in [-0.05, 0) is 49.5 Å². The molecule has 0 bridgehead atoms. The summed E-state index contributed by atoms with van der Waals surface area (Å²) in [7, 11) is 0. The molecular formula is C19H40N2. The third-order valence-electron chi connectivity index (χ3n) is 4.70. The van der Waals surface area contributed by atoms with E-state index in [4.69, 9.17) is 0 Å². The number of hydrogen-bond acceptors (Lipinski definition) is 2. The number of nitrogens with one attached hydrogen (secondary N) is 1. The van der Waals surface area contributed by atoms with E-state index in [1.165, 1.54) is 32.4 Å². The first kappa shape index (κ1) is 19.0. The Labute approximate surface area is 134 Å². The maximum Gasteiger partial charge on any atom is 0.0275 e. The van der Waals surface area contributed by atoms with Crippen molar-refractivity contribution in [2.24, 2.45) is 23.7 Å². The average Bonchev–Trinajstić information content (AvgIpc) is 2.33. The zero-order valence-electron chi connectivity index (χ0n) is 15.7. The monoisotopic (exact) mass is 296 g/mol. The molecule has 1 aliphatic carbocycles. The van der Waals surface area contributed by atoms with Crippen molar-refractivity contribution in [3.63, 3.8) is 0 Å². The van der Waals surface area contributed by atoms with E-state index < -0.39 is 0 Å². The van der Waals surface area contributed by atoms with Crippen molar-refractivity contribution in [2.45, 2.75) is 79.8 Å².